The first-order valence-electron chi connectivity index (χ1n) is 10.9. The van der Waals surface area contributed by atoms with Crippen LogP contribution in [0.4, 0.5) is 42.6 Å². The summed E-state index contributed by atoms with van der Waals surface area (Å²) in [5.41, 5.74) is -0.869. The van der Waals surface area contributed by atoms with Crippen molar-refractivity contribution in [3.05, 3.63) is 69.8 Å². The van der Waals surface area contributed by atoms with Crippen LogP contribution < -0.4 is 13.8 Å². The molecule has 1 heterocycles. The summed E-state index contributed by atoms with van der Waals surface area (Å²) >= 11 is 3.02. The Kier molecular flexibility index (Phi) is 8.65. The van der Waals surface area contributed by atoms with E-state index < -0.39 is 67.2 Å². The molecule has 0 aliphatic rings. The van der Waals surface area contributed by atoms with Gasteiger partial charge in [-0.15, -0.1) is 0 Å². The Morgan fingerprint density at radius 1 is 0.950 bits per heavy atom. The molecule has 0 fully saturated rings. The van der Waals surface area contributed by atoms with Crippen LogP contribution in [-0.4, -0.2) is 44.0 Å². The van der Waals surface area contributed by atoms with Gasteiger partial charge in [-0.05, 0) is 54.9 Å². The average molecular weight is 656 g/mol. The number of carbonyl (C=O) groups excluding carboxylic acids is 1. The lowest BCUT2D eigenvalue weighted by molar-refractivity contribution is 0.174. The van der Waals surface area contributed by atoms with Crippen molar-refractivity contribution in [3.63, 3.8) is 0 Å². The van der Waals surface area contributed by atoms with E-state index in [1.807, 2.05) is 0 Å². The van der Waals surface area contributed by atoms with E-state index in [4.69, 9.17) is 4.74 Å². The zero-order valence-electron chi connectivity index (χ0n) is 21.3. The van der Waals surface area contributed by atoms with Gasteiger partial charge in [-0.3, -0.25) is 0 Å². The van der Waals surface area contributed by atoms with E-state index in [2.05, 4.69) is 25.1 Å². The second-order valence-corrected chi connectivity index (χ2v) is 11.5. The van der Waals surface area contributed by atoms with E-state index in [1.165, 1.54) is 25.1 Å². The minimum Gasteiger partial charge on any atom is -0.495 e. The molecule has 0 bridgehead atoms. The molecule has 0 spiro atoms. The maximum absolute atomic E-state index is 14.5. The lowest BCUT2D eigenvalue weighted by Gasteiger charge is -2.36. The fraction of sp³-hybridized carbons (Fsp3) is 0.250. The van der Waals surface area contributed by atoms with Crippen molar-refractivity contribution in [1.29, 1.82) is 0 Å². The monoisotopic (exact) mass is 655 g/mol. The van der Waals surface area contributed by atoms with E-state index in [-0.39, 0.29) is 21.7 Å². The standard InChI is InChI=1S/C24H20BrF6N3O5S/c1-24(2,3)33(4)23(35)34(14-9-13(26)12(25)8-15(14)38-5)16-7-6-11(10-32-16)40(36,37)39-22-20(30)18(28)17(27)19(29)21(22)31/h6-10H,1-5H3. The Labute approximate surface area is 233 Å². The van der Waals surface area contributed by atoms with Crippen molar-refractivity contribution in [2.75, 3.05) is 19.1 Å². The molecule has 2 aromatic carbocycles. The molecule has 0 N–H and O–H groups in total. The van der Waals surface area contributed by atoms with E-state index in [0.29, 0.717) is 6.20 Å². The third kappa shape index (κ3) is 5.82. The first-order valence-corrected chi connectivity index (χ1v) is 13.1. The number of ether oxygens (including phenoxy) is 1. The lowest BCUT2D eigenvalue weighted by Crippen LogP contribution is -2.48. The Morgan fingerprint density at radius 2 is 1.50 bits per heavy atom. The number of rotatable bonds is 6. The molecule has 0 saturated heterocycles. The molecule has 8 nitrogen and oxygen atoms in total. The topological polar surface area (TPSA) is 89.0 Å². The largest absolute Gasteiger partial charge is 0.495 e. The van der Waals surface area contributed by atoms with E-state index in [1.54, 1.807) is 20.8 Å². The summed E-state index contributed by atoms with van der Waals surface area (Å²) in [6.45, 7) is 5.13. The zero-order chi connectivity index (χ0) is 30.3. The van der Waals surface area contributed by atoms with Crippen LogP contribution in [0.15, 0.2) is 39.8 Å². The van der Waals surface area contributed by atoms with Gasteiger partial charge in [-0.2, -0.15) is 17.2 Å². The second-order valence-electron chi connectivity index (χ2n) is 9.07. The minimum atomic E-state index is -5.20. The van der Waals surface area contributed by atoms with Crippen molar-refractivity contribution in [1.82, 2.24) is 9.88 Å². The molecule has 0 saturated carbocycles. The molecule has 40 heavy (non-hydrogen) atoms. The molecule has 1 aromatic heterocycles. The smallest absolute Gasteiger partial charge is 0.340 e. The van der Waals surface area contributed by atoms with Gasteiger partial charge in [-0.25, -0.2) is 32.2 Å². The first-order chi connectivity index (χ1) is 18.4. The second kappa shape index (κ2) is 11.2. The summed E-state index contributed by atoms with van der Waals surface area (Å²) in [7, 11) is -2.48. The molecule has 0 aliphatic carbocycles. The summed E-state index contributed by atoms with van der Waals surface area (Å²) in [5.74, 6) is -15.4. The van der Waals surface area contributed by atoms with Crippen molar-refractivity contribution in [2.24, 2.45) is 0 Å². The molecule has 0 atom stereocenters. The van der Waals surface area contributed by atoms with Crippen LogP contribution in [0.3, 0.4) is 0 Å². The van der Waals surface area contributed by atoms with Gasteiger partial charge >= 0.3 is 16.1 Å². The molecule has 216 valence electrons. The van der Waals surface area contributed by atoms with Crippen LogP contribution >= 0.6 is 15.9 Å². The molecule has 0 radical (unpaired) electrons. The van der Waals surface area contributed by atoms with Crippen molar-refractivity contribution in [2.45, 2.75) is 31.2 Å². The Balaban J connectivity index is 2.11. The summed E-state index contributed by atoms with van der Waals surface area (Å²) in [6.07, 6.45) is 0.607. The number of aromatic nitrogens is 1. The number of hydrogen-bond acceptors (Lipinski definition) is 6. The van der Waals surface area contributed by atoms with Gasteiger partial charge in [0.2, 0.25) is 34.8 Å². The van der Waals surface area contributed by atoms with Gasteiger partial charge in [0.25, 0.3) is 0 Å². The molecular formula is C24H20BrF6N3O5S. The summed E-state index contributed by atoms with van der Waals surface area (Å²) in [4.78, 5) is 18.8. The van der Waals surface area contributed by atoms with Crippen LogP contribution in [0.2, 0.25) is 0 Å². The van der Waals surface area contributed by atoms with Gasteiger partial charge in [0.05, 0.1) is 23.5 Å². The van der Waals surface area contributed by atoms with Crippen molar-refractivity contribution in [3.8, 4) is 11.5 Å². The molecule has 3 rings (SSSR count). The number of benzene rings is 2. The molecule has 2 amide bonds. The SMILES string of the molecule is COc1cc(Br)c(F)cc1N(C(=O)N(C)C(C)(C)C)c1ccc(S(=O)(=O)Oc2c(F)c(F)c(F)c(F)c2F)cn1. The van der Waals surface area contributed by atoms with E-state index in [9.17, 15) is 39.6 Å². The third-order valence-electron chi connectivity index (χ3n) is 5.55. The third-order valence-corrected chi connectivity index (χ3v) is 7.36. The normalized spacial score (nSPS) is 11.8. The van der Waals surface area contributed by atoms with Gasteiger partial charge in [0, 0.05) is 18.7 Å². The number of pyridine rings is 1. The maximum Gasteiger partial charge on any atom is 0.340 e. The van der Waals surface area contributed by atoms with Crippen LogP contribution in [0.25, 0.3) is 0 Å². The predicted molar refractivity (Wildman–Crippen MR) is 134 cm³/mol. The highest BCUT2D eigenvalue weighted by Gasteiger charge is 2.34. The molecule has 3 aromatic rings. The van der Waals surface area contributed by atoms with Crippen LogP contribution in [-0.2, 0) is 10.1 Å². The predicted octanol–water partition coefficient (Wildman–Crippen LogP) is 6.44. The van der Waals surface area contributed by atoms with Crippen molar-refractivity contribution >= 4 is 43.6 Å². The van der Waals surface area contributed by atoms with Gasteiger partial charge in [0.1, 0.15) is 22.3 Å². The first kappa shape index (κ1) is 31.0. The highest BCUT2D eigenvalue weighted by atomic mass is 79.9. The van der Waals surface area contributed by atoms with Gasteiger partial charge < -0.3 is 13.8 Å². The van der Waals surface area contributed by atoms with Crippen LogP contribution in [0, 0.1) is 34.9 Å². The van der Waals surface area contributed by atoms with Gasteiger partial charge in [0.15, 0.2) is 0 Å². The molecule has 16 heteroatoms. The summed E-state index contributed by atoms with van der Waals surface area (Å²) in [5, 5.41) is 0. The Morgan fingerprint density at radius 3 is 1.98 bits per heavy atom. The number of carbonyl (C=O) groups is 1. The number of amides is 2. The fourth-order valence-electron chi connectivity index (χ4n) is 3.09. The maximum atomic E-state index is 14.5. The minimum absolute atomic E-state index is 0.0179. The van der Waals surface area contributed by atoms with Crippen LogP contribution in [0.5, 0.6) is 11.5 Å². The van der Waals surface area contributed by atoms with E-state index >= 15 is 0 Å². The highest BCUT2D eigenvalue weighted by molar-refractivity contribution is 9.10. The number of anilines is 2. The molecule has 0 unspecified atom stereocenters. The average Bonchev–Trinajstić information content (AvgIpc) is 2.90. The number of nitrogens with zero attached hydrogens (tertiary/aromatic N) is 3. The van der Waals surface area contributed by atoms with Crippen molar-refractivity contribution < 1.29 is 48.5 Å². The molecule has 0 aliphatic heterocycles. The fourth-order valence-corrected chi connectivity index (χ4v) is 4.29. The van der Waals surface area contributed by atoms with Crippen LogP contribution in [0.1, 0.15) is 20.8 Å². The lowest BCUT2D eigenvalue weighted by atomic mass is 10.1. The zero-order valence-corrected chi connectivity index (χ0v) is 23.7. The Bertz CT molecular complexity index is 1550. The summed E-state index contributed by atoms with van der Waals surface area (Å²) in [6, 6.07) is 3.24. The van der Waals surface area contributed by atoms with E-state index in [0.717, 1.165) is 23.1 Å². The van der Waals surface area contributed by atoms with Gasteiger partial charge in [-0.1, -0.05) is 0 Å². The number of methoxy groups -OCH3 is 1. The number of urea groups is 1. The Hall–Kier alpha value is -3.53. The number of hydrogen-bond donors (Lipinski definition) is 0. The summed E-state index contributed by atoms with van der Waals surface area (Å²) < 4.78 is 118. The molecular weight excluding hydrogens is 636 g/mol. The number of halogens is 7. The quantitative estimate of drug-likeness (QED) is 0.131. The highest BCUT2D eigenvalue weighted by Crippen LogP contribution is 2.38.